The standard InChI is InChI=1S/C7H13NO3/c9-2-1-5-3-8-4-6(5)7(10)11/h5-6,8-9H,1-4H2,(H,10,11)/t5-,6-/m1/s1. The molecule has 4 heteroatoms. The highest BCUT2D eigenvalue weighted by Gasteiger charge is 2.31. The van der Waals surface area contributed by atoms with Crippen LogP contribution in [0.2, 0.25) is 0 Å². The average Bonchev–Trinajstić information content (AvgIpc) is 2.36. The maximum Gasteiger partial charge on any atom is 0.308 e. The molecule has 0 aromatic heterocycles. The fourth-order valence-electron chi connectivity index (χ4n) is 1.49. The zero-order valence-corrected chi connectivity index (χ0v) is 6.29. The molecule has 0 radical (unpaired) electrons. The van der Waals surface area contributed by atoms with Gasteiger partial charge in [0.1, 0.15) is 0 Å². The van der Waals surface area contributed by atoms with Gasteiger partial charge < -0.3 is 15.5 Å². The molecule has 1 heterocycles. The van der Waals surface area contributed by atoms with E-state index < -0.39 is 5.97 Å². The van der Waals surface area contributed by atoms with E-state index in [1.54, 1.807) is 0 Å². The number of aliphatic hydroxyl groups is 1. The Balaban J connectivity index is 2.44. The number of aliphatic carboxylic acids is 1. The molecule has 0 aliphatic carbocycles. The molecule has 0 bridgehead atoms. The van der Waals surface area contributed by atoms with Crippen molar-refractivity contribution in [2.45, 2.75) is 6.42 Å². The maximum atomic E-state index is 10.6. The van der Waals surface area contributed by atoms with Crippen LogP contribution in [0, 0.1) is 11.8 Å². The number of nitrogens with one attached hydrogen (secondary N) is 1. The summed E-state index contributed by atoms with van der Waals surface area (Å²) in [4.78, 5) is 10.6. The highest BCUT2D eigenvalue weighted by molar-refractivity contribution is 5.71. The lowest BCUT2D eigenvalue weighted by atomic mass is 9.93. The van der Waals surface area contributed by atoms with E-state index in [9.17, 15) is 4.79 Å². The van der Waals surface area contributed by atoms with Gasteiger partial charge in [0, 0.05) is 13.2 Å². The first-order valence-electron chi connectivity index (χ1n) is 3.80. The van der Waals surface area contributed by atoms with E-state index in [4.69, 9.17) is 10.2 Å². The SMILES string of the molecule is O=C(O)[C@@H]1CNC[C@H]1CCO. The number of carboxylic acids is 1. The molecule has 1 saturated heterocycles. The second kappa shape index (κ2) is 3.69. The minimum atomic E-state index is -0.756. The predicted octanol–water partition coefficient (Wildman–Crippen LogP) is -0.711. The molecule has 0 saturated carbocycles. The largest absolute Gasteiger partial charge is 0.481 e. The number of hydrogen-bond donors (Lipinski definition) is 3. The predicted molar refractivity (Wildman–Crippen MR) is 39.2 cm³/mol. The van der Waals surface area contributed by atoms with Gasteiger partial charge in [0.2, 0.25) is 0 Å². The van der Waals surface area contributed by atoms with Crippen molar-refractivity contribution in [3.8, 4) is 0 Å². The third-order valence-corrected chi connectivity index (χ3v) is 2.16. The Morgan fingerprint density at radius 2 is 2.27 bits per heavy atom. The van der Waals surface area contributed by atoms with E-state index in [2.05, 4.69) is 5.32 Å². The van der Waals surface area contributed by atoms with Gasteiger partial charge in [-0.25, -0.2) is 0 Å². The Hall–Kier alpha value is -0.610. The first-order chi connectivity index (χ1) is 5.25. The molecular weight excluding hydrogens is 146 g/mol. The third-order valence-electron chi connectivity index (χ3n) is 2.16. The van der Waals surface area contributed by atoms with Crippen molar-refractivity contribution in [1.82, 2.24) is 5.32 Å². The van der Waals surface area contributed by atoms with Gasteiger partial charge in [-0.05, 0) is 18.9 Å². The summed E-state index contributed by atoms with van der Waals surface area (Å²) in [5, 5.41) is 20.3. The van der Waals surface area contributed by atoms with Gasteiger partial charge in [-0.1, -0.05) is 0 Å². The fraction of sp³-hybridized carbons (Fsp3) is 0.857. The van der Waals surface area contributed by atoms with Gasteiger partial charge in [-0.15, -0.1) is 0 Å². The second-order valence-electron chi connectivity index (χ2n) is 2.88. The van der Waals surface area contributed by atoms with E-state index in [1.165, 1.54) is 0 Å². The van der Waals surface area contributed by atoms with Crippen LogP contribution in [0.5, 0.6) is 0 Å². The van der Waals surface area contributed by atoms with Crippen molar-refractivity contribution >= 4 is 5.97 Å². The maximum absolute atomic E-state index is 10.6. The van der Waals surface area contributed by atoms with Crippen molar-refractivity contribution in [3.63, 3.8) is 0 Å². The van der Waals surface area contributed by atoms with Crippen LogP contribution in [0.4, 0.5) is 0 Å². The highest BCUT2D eigenvalue weighted by atomic mass is 16.4. The van der Waals surface area contributed by atoms with Crippen molar-refractivity contribution < 1.29 is 15.0 Å². The van der Waals surface area contributed by atoms with Crippen LogP contribution in [0.15, 0.2) is 0 Å². The number of hydrogen-bond acceptors (Lipinski definition) is 3. The number of aliphatic hydroxyl groups excluding tert-OH is 1. The first-order valence-corrected chi connectivity index (χ1v) is 3.80. The van der Waals surface area contributed by atoms with Gasteiger partial charge in [-0.3, -0.25) is 4.79 Å². The molecule has 64 valence electrons. The number of carbonyl (C=O) groups is 1. The normalized spacial score (nSPS) is 30.6. The summed E-state index contributed by atoms with van der Waals surface area (Å²) in [6, 6.07) is 0. The van der Waals surface area contributed by atoms with Crippen molar-refractivity contribution in [2.24, 2.45) is 11.8 Å². The Bertz CT molecular complexity index is 149. The second-order valence-corrected chi connectivity index (χ2v) is 2.88. The molecule has 0 unspecified atom stereocenters. The molecule has 0 aromatic rings. The van der Waals surface area contributed by atoms with Crippen LogP contribution < -0.4 is 5.32 Å². The molecule has 0 spiro atoms. The molecule has 4 nitrogen and oxygen atoms in total. The number of carboxylic acid groups (broad SMARTS) is 1. The van der Waals surface area contributed by atoms with Crippen LogP contribution in [0.25, 0.3) is 0 Å². The van der Waals surface area contributed by atoms with E-state index >= 15 is 0 Å². The zero-order chi connectivity index (χ0) is 8.27. The van der Waals surface area contributed by atoms with Crippen LogP contribution in [-0.4, -0.2) is 35.9 Å². The molecule has 1 rings (SSSR count). The van der Waals surface area contributed by atoms with Crippen LogP contribution in [0.1, 0.15) is 6.42 Å². The summed E-state index contributed by atoms with van der Waals surface area (Å²) in [5.41, 5.74) is 0. The minimum absolute atomic E-state index is 0.0795. The zero-order valence-electron chi connectivity index (χ0n) is 6.29. The van der Waals surface area contributed by atoms with Gasteiger partial charge in [0.15, 0.2) is 0 Å². The molecule has 3 N–H and O–H groups in total. The first kappa shape index (κ1) is 8.49. The Labute approximate surface area is 65.2 Å². The Morgan fingerprint density at radius 1 is 1.55 bits per heavy atom. The van der Waals surface area contributed by atoms with Crippen LogP contribution >= 0.6 is 0 Å². The number of rotatable bonds is 3. The Morgan fingerprint density at radius 3 is 2.82 bits per heavy atom. The topological polar surface area (TPSA) is 69.6 Å². The highest BCUT2D eigenvalue weighted by Crippen LogP contribution is 2.19. The van der Waals surface area contributed by atoms with Crippen molar-refractivity contribution in [2.75, 3.05) is 19.7 Å². The quantitative estimate of drug-likeness (QED) is 0.508. The molecule has 1 fully saturated rings. The molecule has 1 aliphatic heterocycles. The smallest absolute Gasteiger partial charge is 0.308 e. The van der Waals surface area contributed by atoms with Gasteiger partial charge in [0.25, 0.3) is 0 Å². The Kier molecular flexibility index (Phi) is 2.84. The van der Waals surface area contributed by atoms with Crippen molar-refractivity contribution in [1.29, 1.82) is 0 Å². The van der Waals surface area contributed by atoms with Crippen LogP contribution in [-0.2, 0) is 4.79 Å². The summed E-state index contributed by atoms with van der Waals surface area (Å²) in [6.45, 7) is 1.34. The lowest BCUT2D eigenvalue weighted by Crippen LogP contribution is -2.22. The van der Waals surface area contributed by atoms with Crippen LogP contribution in [0.3, 0.4) is 0 Å². The van der Waals surface area contributed by atoms with Gasteiger partial charge >= 0.3 is 5.97 Å². The lowest BCUT2D eigenvalue weighted by molar-refractivity contribution is -0.142. The summed E-state index contributed by atoms with van der Waals surface area (Å²) in [6.07, 6.45) is 0.587. The van der Waals surface area contributed by atoms with E-state index in [0.717, 1.165) is 6.54 Å². The summed E-state index contributed by atoms with van der Waals surface area (Å²) >= 11 is 0. The third kappa shape index (κ3) is 1.91. The van der Waals surface area contributed by atoms with Crippen molar-refractivity contribution in [3.05, 3.63) is 0 Å². The molecule has 0 aromatic carbocycles. The molecular formula is C7H13NO3. The molecule has 1 aliphatic rings. The lowest BCUT2D eigenvalue weighted by Gasteiger charge is -2.11. The van der Waals surface area contributed by atoms with E-state index in [1.807, 2.05) is 0 Å². The van der Waals surface area contributed by atoms with Gasteiger partial charge in [0.05, 0.1) is 5.92 Å². The van der Waals surface area contributed by atoms with Gasteiger partial charge in [-0.2, -0.15) is 0 Å². The van der Waals surface area contributed by atoms with E-state index in [-0.39, 0.29) is 18.4 Å². The molecule has 0 amide bonds. The van der Waals surface area contributed by atoms with E-state index in [0.29, 0.717) is 13.0 Å². The monoisotopic (exact) mass is 159 g/mol. The molecule has 2 atom stereocenters. The average molecular weight is 159 g/mol. The fourth-order valence-corrected chi connectivity index (χ4v) is 1.49. The summed E-state index contributed by atoms with van der Waals surface area (Å²) < 4.78 is 0. The molecule has 11 heavy (non-hydrogen) atoms. The minimum Gasteiger partial charge on any atom is -0.481 e. The summed E-state index contributed by atoms with van der Waals surface area (Å²) in [7, 11) is 0. The summed E-state index contributed by atoms with van der Waals surface area (Å²) in [5.74, 6) is -0.951.